The van der Waals surface area contributed by atoms with Crippen LogP contribution in [0.2, 0.25) is 10.0 Å². The molecular weight excluding hydrogens is 495 g/mol. The van der Waals surface area contributed by atoms with Gasteiger partial charge in [-0.1, -0.05) is 47.1 Å². The molecule has 0 aliphatic rings. The second-order valence-corrected chi connectivity index (χ2v) is 8.82. The van der Waals surface area contributed by atoms with Gasteiger partial charge in [0.15, 0.2) is 11.0 Å². The summed E-state index contributed by atoms with van der Waals surface area (Å²) in [6, 6.07) is 20.0. The Hall–Kier alpha value is -3.20. The number of thioether (sulfide) groups is 1. The van der Waals surface area contributed by atoms with E-state index < -0.39 is 0 Å². The Labute approximate surface area is 211 Å². The Morgan fingerprint density at radius 2 is 1.74 bits per heavy atom. The molecule has 1 amide bonds. The van der Waals surface area contributed by atoms with Crippen molar-refractivity contribution in [3.8, 4) is 28.6 Å². The van der Waals surface area contributed by atoms with E-state index in [1.807, 2.05) is 53.1 Å². The van der Waals surface area contributed by atoms with Crippen LogP contribution >= 0.6 is 35.0 Å². The number of halogens is 2. The van der Waals surface area contributed by atoms with Crippen molar-refractivity contribution >= 4 is 46.6 Å². The second kappa shape index (κ2) is 10.8. The Morgan fingerprint density at radius 3 is 2.47 bits per heavy atom. The number of hydrogen-bond acceptors (Lipinski definition) is 6. The minimum absolute atomic E-state index is 0.0925. The van der Waals surface area contributed by atoms with Crippen LogP contribution in [0.5, 0.6) is 11.5 Å². The summed E-state index contributed by atoms with van der Waals surface area (Å²) in [7, 11) is 3.22. The zero-order valence-electron chi connectivity index (χ0n) is 18.3. The molecule has 0 aliphatic heterocycles. The van der Waals surface area contributed by atoms with Crippen molar-refractivity contribution in [1.29, 1.82) is 0 Å². The van der Waals surface area contributed by atoms with E-state index in [9.17, 15) is 4.79 Å². The number of amides is 1. The Balaban J connectivity index is 1.63. The molecule has 7 nitrogen and oxygen atoms in total. The van der Waals surface area contributed by atoms with Gasteiger partial charge in [0.05, 0.1) is 30.7 Å². The number of aromatic nitrogens is 3. The van der Waals surface area contributed by atoms with Gasteiger partial charge in [-0.25, -0.2) is 0 Å². The van der Waals surface area contributed by atoms with Gasteiger partial charge in [0, 0.05) is 16.3 Å². The maximum Gasteiger partial charge on any atom is 0.234 e. The first kappa shape index (κ1) is 23.9. The number of carbonyl (C=O) groups is 1. The van der Waals surface area contributed by atoms with Crippen LogP contribution in [0.25, 0.3) is 17.1 Å². The molecule has 0 unspecified atom stereocenters. The van der Waals surface area contributed by atoms with Crippen molar-refractivity contribution in [1.82, 2.24) is 14.8 Å². The van der Waals surface area contributed by atoms with E-state index in [-0.39, 0.29) is 11.7 Å². The second-order valence-electron chi connectivity index (χ2n) is 7.03. The van der Waals surface area contributed by atoms with Crippen LogP contribution < -0.4 is 14.8 Å². The third kappa shape index (κ3) is 5.47. The van der Waals surface area contributed by atoms with Gasteiger partial charge < -0.3 is 14.8 Å². The van der Waals surface area contributed by atoms with Gasteiger partial charge in [-0.15, -0.1) is 10.2 Å². The number of nitrogens with zero attached hydrogens (tertiary/aromatic N) is 3. The number of carbonyl (C=O) groups excluding carboxylic acids is 1. The van der Waals surface area contributed by atoms with Crippen LogP contribution in [0.15, 0.2) is 71.9 Å². The van der Waals surface area contributed by atoms with E-state index in [0.717, 1.165) is 17.0 Å². The standard InChI is InChI=1S/C24H20Cl2N4O3S/c1-32-18-9-7-17(8-10-18)30-23(15-4-3-5-19(12-15)33-2)28-29-24(30)34-14-22(31)27-21-13-16(25)6-11-20(21)26/h3-13H,14H2,1-2H3,(H,27,31). The maximum atomic E-state index is 12.6. The average molecular weight is 515 g/mol. The predicted octanol–water partition coefficient (Wildman–Crippen LogP) is 5.99. The fourth-order valence-electron chi connectivity index (χ4n) is 3.19. The third-order valence-electron chi connectivity index (χ3n) is 4.83. The van der Waals surface area contributed by atoms with Crippen LogP contribution in [-0.2, 0) is 4.79 Å². The fourth-order valence-corrected chi connectivity index (χ4v) is 4.28. The number of nitrogens with one attached hydrogen (secondary N) is 1. The largest absolute Gasteiger partial charge is 0.497 e. The molecule has 10 heteroatoms. The van der Waals surface area contributed by atoms with Gasteiger partial charge in [-0.05, 0) is 54.6 Å². The lowest BCUT2D eigenvalue weighted by molar-refractivity contribution is -0.113. The lowest BCUT2D eigenvalue weighted by Crippen LogP contribution is -2.15. The van der Waals surface area contributed by atoms with Crippen LogP contribution in [-0.4, -0.2) is 40.6 Å². The molecule has 0 aliphatic carbocycles. The smallest absolute Gasteiger partial charge is 0.234 e. The molecule has 0 radical (unpaired) electrons. The molecule has 0 saturated carbocycles. The quantitative estimate of drug-likeness (QED) is 0.291. The van der Waals surface area contributed by atoms with E-state index in [1.54, 1.807) is 32.4 Å². The molecule has 0 saturated heterocycles. The van der Waals surface area contributed by atoms with Crippen LogP contribution in [0, 0.1) is 0 Å². The molecule has 0 spiro atoms. The van der Waals surface area contributed by atoms with E-state index in [2.05, 4.69) is 15.5 Å². The minimum Gasteiger partial charge on any atom is -0.497 e. The van der Waals surface area contributed by atoms with E-state index in [1.165, 1.54) is 11.8 Å². The average Bonchev–Trinajstić information content (AvgIpc) is 3.29. The Bertz CT molecular complexity index is 1310. The molecule has 1 aromatic heterocycles. The molecule has 34 heavy (non-hydrogen) atoms. The topological polar surface area (TPSA) is 78.3 Å². The molecule has 1 heterocycles. The molecular formula is C24H20Cl2N4O3S. The highest BCUT2D eigenvalue weighted by Gasteiger charge is 2.18. The summed E-state index contributed by atoms with van der Waals surface area (Å²) in [5.41, 5.74) is 2.10. The van der Waals surface area contributed by atoms with E-state index >= 15 is 0 Å². The number of anilines is 1. The number of benzene rings is 3. The summed E-state index contributed by atoms with van der Waals surface area (Å²) in [4.78, 5) is 12.6. The summed E-state index contributed by atoms with van der Waals surface area (Å²) in [5.74, 6) is 1.89. The molecule has 1 N–H and O–H groups in total. The van der Waals surface area contributed by atoms with Gasteiger partial charge in [-0.2, -0.15) is 0 Å². The zero-order valence-corrected chi connectivity index (χ0v) is 20.6. The SMILES string of the molecule is COc1ccc(-n2c(SCC(=O)Nc3cc(Cl)ccc3Cl)nnc2-c2cccc(OC)c2)cc1. The van der Waals surface area contributed by atoms with Crippen molar-refractivity contribution < 1.29 is 14.3 Å². The highest BCUT2D eigenvalue weighted by molar-refractivity contribution is 7.99. The number of methoxy groups -OCH3 is 2. The lowest BCUT2D eigenvalue weighted by atomic mass is 10.2. The molecule has 3 aromatic carbocycles. The van der Waals surface area contributed by atoms with Crippen molar-refractivity contribution in [3.05, 3.63) is 76.8 Å². The maximum absolute atomic E-state index is 12.6. The van der Waals surface area contributed by atoms with Crippen LogP contribution in [0.1, 0.15) is 0 Å². The van der Waals surface area contributed by atoms with Crippen molar-refractivity contribution in [3.63, 3.8) is 0 Å². The van der Waals surface area contributed by atoms with Crippen molar-refractivity contribution in [2.24, 2.45) is 0 Å². The molecule has 174 valence electrons. The van der Waals surface area contributed by atoms with Gasteiger partial charge in [0.1, 0.15) is 11.5 Å². The van der Waals surface area contributed by atoms with Gasteiger partial charge in [-0.3, -0.25) is 9.36 Å². The van der Waals surface area contributed by atoms with Crippen molar-refractivity contribution in [2.45, 2.75) is 5.16 Å². The highest BCUT2D eigenvalue weighted by Crippen LogP contribution is 2.31. The Kier molecular flexibility index (Phi) is 7.62. The Morgan fingerprint density at radius 1 is 0.971 bits per heavy atom. The highest BCUT2D eigenvalue weighted by atomic mass is 35.5. The first-order chi connectivity index (χ1) is 16.5. The minimum atomic E-state index is -0.249. The molecule has 4 aromatic rings. The van der Waals surface area contributed by atoms with Crippen LogP contribution in [0.4, 0.5) is 5.69 Å². The first-order valence-electron chi connectivity index (χ1n) is 10.1. The summed E-state index contributed by atoms with van der Waals surface area (Å²) in [5, 5.41) is 13.0. The van der Waals surface area contributed by atoms with Gasteiger partial charge in [0.25, 0.3) is 0 Å². The summed E-state index contributed by atoms with van der Waals surface area (Å²) >= 11 is 13.4. The summed E-state index contributed by atoms with van der Waals surface area (Å²) < 4.78 is 12.5. The molecule has 0 bridgehead atoms. The van der Waals surface area contributed by atoms with E-state index in [4.69, 9.17) is 32.7 Å². The predicted molar refractivity (Wildman–Crippen MR) is 136 cm³/mol. The van der Waals surface area contributed by atoms with Gasteiger partial charge >= 0.3 is 0 Å². The van der Waals surface area contributed by atoms with E-state index in [0.29, 0.717) is 32.5 Å². The van der Waals surface area contributed by atoms with Crippen LogP contribution in [0.3, 0.4) is 0 Å². The fraction of sp³-hybridized carbons (Fsp3) is 0.125. The monoisotopic (exact) mass is 514 g/mol. The third-order valence-corrected chi connectivity index (χ3v) is 6.32. The zero-order chi connectivity index (χ0) is 24.1. The molecule has 0 atom stereocenters. The number of hydrogen-bond donors (Lipinski definition) is 1. The molecule has 0 fully saturated rings. The molecule has 4 rings (SSSR count). The summed E-state index contributed by atoms with van der Waals surface area (Å²) in [6.07, 6.45) is 0. The van der Waals surface area contributed by atoms with Crippen molar-refractivity contribution in [2.75, 3.05) is 25.3 Å². The number of rotatable bonds is 8. The van der Waals surface area contributed by atoms with Gasteiger partial charge in [0.2, 0.25) is 5.91 Å². The number of ether oxygens (including phenoxy) is 2. The lowest BCUT2D eigenvalue weighted by Gasteiger charge is -2.12. The summed E-state index contributed by atoms with van der Waals surface area (Å²) in [6.45, 7) is 0. The normalized spacial score (nSPS) is 10.7. The first-order valence-corrected chi connectivity index (χ1v) is 11.8.